The van der Waals surface area contributed by atoms with Gasteiger partial charge in [-0.25, -0.2) is 0 Å². The van der Waals surface area contributed by atoms with Crippen molar-refractivity contribution >= 4 is 11.6 Å². The summed E-state index contributed by atoms with van der Waals surface area (Å²) >= 11 is 0. The lowest BCUT2D eigenvalue weighted by Crippen LogP contribution is -2.32. The molecule has 108 valence electrons. The third-order valence-corrected chi connectivity index (χ3v) is 3.71. The largest absolute Gasteiger partial charge is 0.508 e. The Balaban J connectivity index is 2.28. The van der Waals surface area contributed by atoms with Crippen molar-refractivity contribution in [3.05, 3.63) is 33.9 Å². The molecule has 1 aromatic rings. The molecule has 6 nitrogen and oxygen atoms in total. The molecule has 1 unspecified atom stereocenters. The Morgan fingerprint density at radius 1 is 1.40 bits per heavy atom. The first kappa shape index (κ1) is 14.3. The molecule has 0 bridgehead atoms. The molecule has 1 atom stereocenters. The summed E-state index contributed by atoms with van der Waals surface area (Å²) in [6.07, 6.45) is 2.86. The van der Waals surface area contributed by atoms with Crippen molar-refractivity contribution in [2.24, 2.45) is 5.92 Å². The number of benzene rings is 1. The second-order valence-electron chi connectivity index (χ2n) is 5.29. The molecule has 1 amide bonds. The number of nitro benzene ring substituents is 1. The predicted octanol–water partition coefficient (Wildman–Crippen LogP) is 2.56. The van der Waals surface area contributed by atoms with Crippen molar-refractivity contribution in [1.29, 1.82) is 0 Å². The van der Waals surface area contributed by atoms with Gasteiger partial charge in [-0.1, -0.05) is 6.92 Å². The van der Waals surface area contributed by atoms with Gasteiger partial charge in [0, 0.05) is 19.2 Å². The summed E-state index contributed by atoms with van der Waals surface area (Å²) in [5.74, 6) is 0.0517. The van der Waals surface area contributed by atoms with Crippen LogP contribution in [0, 0.1) is 16.0 Å². The lowest BCUT2D eigenvalue weighted by molar-refractivity contribution is -0.385. The van der Waals surface area contributed by atoms with Gasteiger partial charge >= 0.3 is 0 Å². The first-order valence-electron chi connectivity index (χ1n) is 6.75. The fourth-order valence-corrected chi connectivity index (χ4v) is 2.49. The van der Waals surface area contributed by atoms with E-state index < -0.39 is 4.92 Å². The highest BCUT2D eigenvalue weighted by molar-refractivity contribution is 5.98. The Morgan fingerprint density at radius 2 is 2.15 bits per heavy atom. The second kappa shape index (κ2) is 5.90. The molecule has 0 radical (unpaired) electrons. The SMILES string of the molecule is CC1CCCN(C(=O)c2cc(O)ccc2[N+](=O)[O-])CC1. The maximum atomic E-state index is 12.4. The molecule has 0 saturated carbocycles. The minimum atomic E-state index is -0.590. The van der Waals surface area contributed by atoms with E-state index in [4.69, 9.17) is 0 Å². The topological polar surface area (TPSA) is 83.7 Å². The van der Waals surface area contributed by atoms with Gasteiger partial charge in [-0.05, 0) is 37.3 Å². The predicted molar refractivity (Wildman–Crippen MR) is 73.7 cm³/mol. The maximum Gasteiger partial charge on any atom is 0.282 e. The van der Waals surface area contributed by atoms with Gasteiger partial charge in [0.1, 0.15) is 11.3 Å². The molecular formula is C14H18N2O4. The Morgan fingerprint density at radius 3 is 2.85 bits per heavy atom. The fraction of sp³-hybridized carbons (Fsp3) is 0.500. The number of hydrogen-bond acceptors (Lipinski definition) is 4. The van der Waals surface area contributed by atoms with Crippen molar-refractivity contribution in [3.63, 3.8) is 0 Å². The van der Waals surface area contributed by atoms with Crippen LogP contribution < -0.4 is 0 Å². The van der Waals surface area contributed by atoms with E-state index in [0.29, 0.717) is 19.0 Å². The summed E-state index contributed by atoms with van der Waals surface area (Å²) in [7, 11) is 0. The Hall–Kier alpha value is -2.11. The van der Waals surface area contributed by atoms with E-state index in [9.17, 15) is 20.0 Å². The van der Waals surface area contributed by atoms with Crippen LogP contribution >= 0.6 is 0 Å². The number of carbonyl (C=O) groups excluding carboxylic acids is 1. The van der Waals surface area contributed by atoms with Gasteiger partial charge in [0.25, 0.3) is 11.6 Å². The number of nitro groups is 1. The number of hydrogen-bond donors (Lipinski definition) is 1. The standard InChI is InChI=1S/C14H18N2O4/c1-10-3-2-7-15(8-6-10)14(18)12-9-11(17)4-5-13(12)16(19)20/h4-5,9-10,17H,2-3,6-8H2,1H3. The van der Waals surface area contributed by atoms with Crippen LogP contribution in [0.3, 0.4) is 0 Å². The lowest BCUT2D eigenvalue weighted by atomic mass is 10.0. The number of rotatable bonds is 2. The van der Waals surface area contributed by atoms with Crippen molar-refractivity contribution in [2.75, 3.05) is 13.1 Å². The monoisotopic (exact) mass is 278 g/mol. The smallest absolute Gasteiger partial charge is 0.282 e. The van der Waals surface area contributed by atoms with Crippen LogP contribution in [-0.2, 0) is 0 Å². The van der Waals surface area contributed by atoms with E-state index in [1.165, 1.54) is 18.2 Å². The van der Waals surface area contributed by atoms with Crippen molar-refractivity contribution in [1.82, 2.24) is 4.90 Å². The summed E-state index contributed by atoms with van der Waals surface area (Å²) in [6, 6.07) is 3.57. The van der Waals surface area contributed by atoms with Gasteiger partial charge in [0.2, 0.25) is 0 Å². The van der Waals surface area contributed by atoms with Gasteiger partial charge in [-0.2, -0.15) is 0 Å². The molecule has 0 spiro atoms. The highest BCUT2D eigenvalue weighted by Crippen LogP contribution is 2.26. The van der Waals surface area contributed by atoms with Crippen molar-refractivity contribution < 1.29 is 14.8 Å². The van der Waals surface area contributed by atoms with E-state index in [0.717, 1.165) is 19.3 Å². The zero-order valence-corrected chi connectivity index (χ0v) is 11.4. The first-order valence-corrected chi connectivity index (χ1v) is 6.75. The highest BCUT2D eigenvalue weighted by atomic mass is 16.6. The number of amides is 1. The molecule has 1 aromatic carbocycles. The van der Waals surface area contributed by atoms with E-state index in [-0.39, 0.29) is 22.9 Å². The van der Waals surface area contributed by atoms with Crippen LogP contribution in [0.1, 0.15) is 36.5 Å². The molecule has 6 heteroatoms. The minimum Gasteiger partial charge on any atom is -0.508 e. The van der Waals surface area contributed by atoms with Crippen molar-refractivity contribution in [2.45, 2.75) is 26.2 Å². The summed E-state index contributed by atoms with van der Waals surface area (Å²) < 4.78 is 0. The van der Waals surface area contributed by atoms with Gasteiger partial charge in [0.05, 0.1) is 4.92 Å². The Labute approximate surface area is 117 Å². The molecule has 0 aromatic heterocycles. The fourth-order valence-electron chi connectivity index (χ4n) is 2.49. The molecule has 1 N–H and O–H groups in total. The quantitative estimate of drug-likeness (QED) is 0.665. The van der Waals surface area contributed by atoms with E-state index in [1.54, 1.807) is 4.90 Å². The van der Waals surface area contributed by atoms with Crippen LogP contribution in [0.5, 0.6) is 5.75 Å². The third kappa shape index (κ3) is 3.07. The summed E-state index contributed by atoms with van der Waals surface area (Å²) in [5, 5.41) is 20.5. The summed E-state index contributed by atoms with van der Waals surface area (Å²) in [4.78, 5) is 24.5. The van der Waals surface area contributed by atoms with Crippen LogP contribution in [0.25, 0.3) is 0 Å². The second-order valence-corrected chi connectivity index (χ2v) is 5.29. The number of phenols is 1. The van der Waals surface area contributed by atoms with Crippen LogP contribution in [0.2, 0.25) is 0 Å². The number of carbonyl (C=O) groups is 1. The van der Waals surface area contributed by atoms with Gasteiger partial charge in [-0.3, -0.25) is 14.9 Å². The number of nitrogens with zero attached hydrogens (tertiary/aromatic N) is 2. The Kier molecular flexibility index (Phi) is 4.22. The van der Waals surface area contributed by atoms with Gasteiger partial charge in [0.15, 0.2) is 0 Å². The third-order valence-electron chi connectivity index (χ3n) is 3.71. The normalized spacial score (nSPS) is 19.4. The van der Waals surface area contributed by atoms with Crippen LogP contribution in [-0.4, -0.2) is 33.9 Å². The average molecular weight is 278 g/mol. The summed E-state index contributed by atoms with van der Waals surface area (Å²) in [5.41, 5.74) is -0.297. The van der Waals surface area contributed by atoms with E-state index in [2.05, 4.69) is 6.92 Å². The van der Waals surface area contributed by atoms with Crippen LogP contribution in [0.15, 0.2) is 18.2 Å². The van der Waals surface area contributed by atoms with E-state index >= 15 is 0 Å². The molecule has 20 heavy (non-hydrogen) atoms. The Bertz CT molecular complexity index is 530. The summed E-state index contributed by atoms with van der Waals surface area (Å²) in [6.45, 7) is 3.35. The van der Waals surface area contributed by atoms with Crippen LogP contribution in [0.4, 0.5) is 5.69 Å². The van der Waals surface area contributed by atoms with Gasteiger partial charge < -0.3 is 10.0 Å². The van der Waals surface area contributed by atoms with Crippen molar-refractivity contribution in [3.8, 4) is 5.75 Å². The lowest BCUT2D eigenvalue weighted by Gasteiger charge is -2.20. The molecule has 1 fully saturated rings. The number of phenolic OH excluding ortho intramolecular Hbond substituents is 1. The number of aromatic hydroxyl groups is 1. The number of likely N-dealkylation sites (tertiary alicyclic amines) is 1. The molecule has 1 heterocycles. The minimum absolute atomic E-state index is 0.0375. The molecular weight excluding hydrogens is 260 g/mol. The maximum absolute atomic E-state index is 12.4. The molecule has 2 rings (SSSR count). The zero-order chi connectivity index (χ0) is 14.7. The highest BCUT2D eigenvalue weighted by Gasteiger charge is 2.26. The van der Waals surface area contributed by atoms with Gasteiger partial charge in [-0.15, -0.1) is 0 Å². The molecule has 0 aliphatic carbocycles. The first-order chi connectivity index (χ1) is 9.49. The average Bonchev–Trinajstić information content (AvgIpc) is 2.62. The zero-order valence-electron chi connectivity index (χ0n) is 11.4. The molecule has 1 aliphatic rings. The van der Waals surface area contributed by atoms with E-state index in [1.807, 2.05) is 0 Å². The molecule has 1 saturated heterocycles. The molecule has 1 aliphatic heterocycles.